The van der Waals surface area contributed by atoms with E-state index in [0.29, 0.717) is 12.1 Å². The third-order valence-corrected chi connectivity index (χ3v) is 2.04. The number of hydrogen-bond acceptors (Lipinski definition) is 3. The van der Waals surface area contributed by atoms with Crippen LogP contribution >= 0.6 is 0 Å². The summed E-state index contributed by atoms with van der Waals surface area (Å²) >= 11 is 0. The van der Waals surface area contributed by atoms with Crippen molar-refractivity contribution < 1.29 is 32.4 Å². The van der Waals surface area contributed by atoms with E-state index in [-0.39, 0.29) is 6.07 Å². The van der Waals surface area contributed by atoms with E-state index in [2.05, 4.69) is 0 Å². The van der Waals surface area contributed by atoms with Crippen LogP contribution in [0.1, 0.15) is 17.3 Å². The standard InChI is InChI=1S/C9H5F4NO4/c10-7(8(15)16)5-2-1-4(9(11,12)13)3-6(5)14(17)18/h1-3,7H,(H,15,16)/t7-/m0/s1. The first-order valence-corrected chi connectivity index (χ1v) is 4.37. The second-order valence-electron chi connectivity index (χ2n) is 3.23. The van der Waals surface area contributed by atoms with Gasteiger partial charge >= 0.3 is 12.1 Å². The van der Waals surface area contributed by atoms with Crippen molar-refractivity contribution in [1.29, 1.82) is 0 Å². The zero-order chi connectivity index (χ0) is 14.1. The van der Waals surface area contributed by atoms with Gasteiger partial charge in [0.2, 0.25) is 6.17 Å². The van der Waals surface area contributed by atoms with Gasteiger partial charge in [-0.1, -0.05) is 0 Å². The monoisotopic (exact) mass is 267 g/mol. The Labute approximate surface area is 96.8 Å². The second-order valence-corrected chi connectivity index (χ2v) is 3.23. The van der Waals surface area contributed by atoms with Crippen molar-refractivity contribution >= 4 is 11.7 Å². The van der Waals surface area contributed by atoms with Gasteiger partial charge < -0.3 is 5.11 Å². The fourth-order valence-corrected chi connectivity index (χ4v) is 1.23. The SMILES string of the molecule is O=C(O)[C@@H](F)c1ccc(C(F)(F)F)cc1[N+](=O)[O-]. The number of benzene rings is 1. The number of nitrogens with zero attached hydrogens (tertiary/aromatic N) is 1. The average Bonchev–Trinajstić information content (AvgIpc) is 2.25. The van der Waals surface area contributed by atoms with Crippen molar-refractivity contribution in [2.75, 3.05) is 0 Å². The fraction of sp³-hybridized carbons (Fsp3) is 0.222. The average molecular weight is 267 g/mol. The molecule has 1 rings (SSSR count). The summed E-state index contributed by atoms with van der Waals surface area (Å²) in [5.74, 6) is -2.02. The Kier molecular flexibility index (Phi) is 3.54. The van der Waals surface area contributed by atoms with Crippen LogP contribution in [0.3, 0.4) is 0 Å². The van der Waals surface area contributed by atoms with Gasteiger partial charge in [0.05, 0.1) is 16.1 Å². The van der Waals surface area contributed by atoms with Gasteiger partial charge in [-0.2, -0.15) is 13.2 Å². The minimum absolute atomic E-state index is 0.102. The molecule has 0 saturated carbocycles. The Morgan fingerprint density at radius 2 is 1.94 bits per heavy atom. The fourth-order valence-electron chi connectivity index (χ4n) is 1.23. The Balaban J connectivity index is 3.39. The third-order valence-electron chi connectivity index (χ3n) is 2.04. The number of carboxylic acid groups (broad SMARTS) is 1. The van der Waals surface area contributed by atoms with E-state index in [1.54, 1.807) is 0 Å². The molecule has 0 unspecified atom stereocenters. The Morgan fingerprint density at radius 3 is 2.33 bits per heavy atom. The molecule has 0 aliphatic carbocycles. The number of hydrogen-bond donors (Lipinski definition) is 1. The highest BCUT2D eigenvalue weighted by Crippen LogP contribution is 2.35. The van der Waals surface area contributed by atoms with Crippen LogP contribution in [-0.2, 0) is 11.0 Å². The molecule has 98 valence electrons. The van der Waals surface area contributed by atoms with Crippen molar-refractivity contribution in [2.24, 2.45) is 0 Å². The largest absolute Gasteiger partial charge is 0.479 e. The van der Waals surface area contributed by atoms with Crippen LogP contribution in [0.4, 0.5) is 23.2 Å². The number of nitro groups is 1. The van der Waals surface area contributed by atoms with Gasteiger partial charge in [0.25, 0.3) is 5.69 Å². The first-order chi connectivity index (χ1) is 8.14. The topological polar surface area (TPSA) is 80.4 Å². The highest BCUT2D eigenvalue weighted by atomic mass is 19.4. The summed E-state index contributed by atoms with van der Waals surface area (Å²) in [5, 5.41) is 18.9. The number of carboxylic acids is 1. The Hall–Kier alpha value is -2.19. The molecule has 0 heterocycles. The second kappa shape index (κ2) is 4.59. The van der Waals surface area contributed by atoms with Crippen LogP contribution in [-0.4, -0.2) is 16.0 Å². The predicted molar refractivity (Wildman–Crippen MR) is 49.6 cm³/mol. The van der Waals surface area contributed by atoms with Gasteiger partial charge in [-0.25, -0.2) is 9.18 Å². The summed E-state index contributed by atoms with van der Waals surface area (Å²) in [6, 6.07) is 0.933. The quantitative estimate of drug-likeness (QED) is 0.518. The molecule has 9 heteroatoms. The smallest absolute Gasteiger partial charge is 0.416 e. The zero-order valence-electron chi connectivity index (χ0n) is 8.44. The maximum absolute atomic E-state index is 13.1. The molecule has 0 aliphatic rings. The number of aliphatic carboxylic acids is 1. The van der Waals surface area contributed by atoms with Gasteiger partial charge in [0.1, 0.15) is 0 Å². The molecule has 0 aliphatic heterocycles. The zero-order valence-corrected chi connectivity index (χ0v) is 8.44. The molecular weight excluding hydrogens is 262 g/mol. The van der Waals surface area contributed by atoms with Crippen molar-refractivity contribution in [2.45, 2.75) is 12.3 Å². The van der Waals surface area contributed by atoms with E-state index >= 15 is 0 Å². The lowest BCUT2D eigenvalue weighted by Gasteiger charge is -2.09. The van der Waals surface area contributed by atoms with Gasteiger partial charge in [-0.3, -0.25) is 10.1 Å². The molecule has 18 heavy (non-hydrogen) atoms. The van der Waals surface area contributed by atoms with Crippen LogP contribution in [0.2, 0.25) is 0 Å². The summed E-state index contributed by atoms with van der Waals surface area (Å²) in [7, 11) is 0. The molecule has 0 bridgehead atoms. The summed E-state index contributed by atoms with van der Waals surface area (Å²) in [6.45, 7) is 0. The van der Waals surface area contributed by atoms with E-state index in [9.17, 15) is 32.5 Å². The molecule has 0 amide bonds. The molecule has 1 N–H and O–H groups in total. The van der Waals surface area contributed by atoms with E-state index in [1.165, 1.54) is 0 Å². The minimum Gasteiger partial charge on any atom is -0.479 e. The molecule has 1 aromatic rings. The van der Waals surface area contributed by atoms with Crippen LogP contribution in [0, 0.1) is 10.1 Å². The first kappa shape index (κ1) is 13.9. The van der Waals surface area contributed by atoms with Crippen LogP contribution in [0.5, 0.6) is 0 Å². The number of rotatable bonds is 3. The summed E-state index contributed by atoms with van der Waals surface area (Å²) in [6.07, 6.45) is -7.59. The lowest BCUT2D eigenvalue weighted by Crippen LogP contribution is -2.11. The minimum atomic E-state index is -4.83. The molecule has 0 radical (unpaired) electrons. The number of alkyl halides is 4. The van der Waals surface area contributed by atoms with Gasteiger partial charge in [-0.05, 0) is 12.1 Å². The van der Waals surface area contributed by atoms with Gasteiger partial charge in [0, 0.05) is 6.07 Å². The first-order valence-electron chi connectivity index (χ1n) is 4.37. The van der Waals surface area contributed by atoms with Crippen molar-refractivity contribution in [3.63, 3.8) is 0 Å². The van der Waals surface area contributed by atoms with Crippen LogP contribution in [0.25, 0.3) is 0 Å². The highest BCUT2D eigenvalue weighted by Gasteiger charge is 2.35. The maximum atomic E-state index is 13.1. The number of carbonyl (C=O) groups is 1. The molecule has 1 atom stereocenters. The summed E-state index contributed by atoms with van der Waals surface area (Å²) in [4.78, 5) is 19.6. The molecule has 0 saturated heterocycles. The summed E-state index contributed by atoms with van der Waals surface area (Å²) in [5.41, 5.74) is -3.50. The van der Waals surface area contributed by atoms with E-state index in [4.69, 9.17) is 5.11 Å². The third kappa shape index (κ3) is 2.73. The Bertz CT molecular complexity index is 500. The number of nitro benzene ring substituents is 1. The van der Waals surface area contributed by atoms with Gasteiger partial charge in [-0.15, -0.1) is 0 Å². The predicted octanol–water partition coefficient (Wildman–Crippen LogP) is 2.71. The maximum Gasteiger partial charge on any atom is 0.416 e. The molecule has 0 fully saturated rings. The van der Waals surface area contributed by atoms with Gasteiger partial charge in [0.15, 0.2) is 0 Å². The molecular formula is C9H5F4NO4. The number of halogens is 4. The molecule has 0 spiro atoms. The molecule has 1 aromatic carbocycles. The van der Waals surface area contributed by atoms with E-state index < -0.39 is 40.1 Å². The van der Waals surface area contributed by atoms with E-state index in [0.717, 1.165) is 0 Å². The van der Waals surface area contributed by atoms with Crippen molar-refractivity contribution in [3.8, 4) is 0 Å². The highest BCUT2D eigenvalue weighted by molar-refractivity contribution is 5.76. The Morgan fingerprint density at radius 1 is 1.39 bits per heavy atom. The molecule has 5 nitrogen and oxygen atoms in total. The van der Waals surface area contributed by atoms with Crippen molar-refractivity contribution in [3.05, 3.63) is 39.4 Å². The lowest BCUT2D eigenvalue weighted by atomic mass is 10.0. The van der Waals surface area contributed by atoms with E-state index in [1.807, 2.05) is 0 Å². The van der Waals surface area contributed by atoms with Crippen LogP contribution in [0.15, 0.2) is 18.2 Å². The lowest BCUT2D eigenvalue weighted by molar-refractivity contribution is -0.386. The van der Waals surface area contributed by atoms with Crippen molar-refractivity contribution in [1.82, 2.24) is 0 Å². The summed E-state index contributed by atoms with van der Waals surface area (Å²) < 4.78 is 50.0. The van der Waals surface area contributed by atoms with Crippen LogP contribution < -0.4 is 0 Å². The molecule has 0 aromatic heterocycles. The normalized spacial score (nSPS) is 13.1.